The topological polar surface area (TPSA) is 66.7 Å². The molecule has 0 saturated heterocycles. The van der Waals surface area contributed by atoms with Gasteiger partial charge in [0.15, 0.2) is 5.34 Å². The van der Waals surface area contributed by atoms with Crippen LogP contribution in [0.15, 0.2) is 5.34 Å². The Morgan fingerprint density at radius 1 is 1.60 bits per heavy atom. The van der Waals surface area contributed by atoms with E-state index in [9.17, 15) is 0 Å². The first-order valence-corrected chi connectivity index (χ1v) is 1.59. The zero-order valence-corrected chi connectivity index (χ0v) is 4.67. The van der Waals surface area contributed by atoms with E-state index in [0.717, 1.165) is 0 Å². The molecule has 0 unspecified atom stereocenters. The standard InChI is InChI=1S/HNO2.O.Zr/c2-1-3;;/h(H,2,3);;. The zero-order valence-electron chi connectivity index (χ0n) is 2.21. The van der Waals surface area contributed by atoms with Crippen molar-refractivity contribution in [3.05, 3.63) is 4.91 Å². The van der Waals surface area contributed by atoms with Crippen LogP contribution in [-0.4, -0.2) is 5.21 Å². The Labute approximate surface area is 43.4 Å². The fraction of sp³-hybridized carbons (Fsp3) is 0. The SMILES string of the molecule is O=NO.[O]=[Zr]. The van der Waals surface area contributed by atoms with E-state index in [1.807, 2.05) is 0 Å². The molecule has 0 aliphatic heterocycles. The van der Waals surface area contributed by atoms with Crippen molar-refractivity contribution in [3.63, 3.8) is 0 Å². The fourth-order valence-electron chi connectivity index (χ4n) is 0. The van der Waals surface area contributed by atoms with Crippen LogP contribution in [0, 0.1) is 4.91 Å². The summed E-state index contributed by atoms with van der Waals surface area (Å²) in [5.74, 6) is 0. The Balaban J connectivity index is 0. The molecule has 0 saturated carbocycles. The monoisotopic (exact) mass is 153 g/mol. The Kier molecular flexibility index (Phi) is 59.0. The van der Waals surface area contributed by atoms with Gasteiger partial charge in [-0.05, 0) is 0 Å². The second-order valence-electron chi connectivity index (χ2n) is 0.0816. The molecule has 0 heterocycles. The summed E-state index contributed by atoms with van der Waals surface area (Å²) in [4.78, 5) is 8.11. The second kappa shape index (κ2) is 33.1. The molecule has 5 heteroatoms. The van der Waals surface area contributed by atoms with Crippen molar-refractivity contribution in [2.45, 2.75) is 0 Å². The van der Waals surface area contributed by atoms with E-state index >= 15 is 0 Å². The molecule has 0 radical (unpaired) electrons. The molecule has 0 aliphatic rings. The minimum absolute atomic E-state index is 0.300. The fourth-order valence-corrected chi connectivity index (χ4v) is 0. The van der Waals surface area contributed by atoms with Crippen molar-refractivity contribution in [2.75, 3.05) is 0 Å². The van der Waals surface area contributed by atoms with E-state index in [1.165, 1.54) is 5.34 Å². The van der Waals surface area contributed by atoms with Gasteiger partial charge in [0, 0.05) is 0 Å². The van der Waals surface area contributed by atoms with Gasteiger partial charge in [-0.25, -0.2) is 0 Å². The summed E-state index contributed by atoms with van der Waals surface area (Å²) < 4.78 is 8.34. The zero-order chi connectivity index (χ0) is 4.71. The number of rotatable bonds is 0. The molecular weight excluding hydrogens is 153 g/mol. The molecule has 0 amide bonds. The third kappa shape index (κ3) is 2560. The van der Waals surface area contributed by atoms with Crippen LogP contribution in [0.25, 0.3) is 0 Å². The van der Waals surface area contributed by atoms with Gasteiger partial charge in [0.05, 0.1) is 0 Å². The van der Waals surface area contributed by atoms with Crippen LogP contribution in [0.4, 0.5) is 0 Å². The summed E-state index contributed by atoms with van der Waals surface area (Å²) in [7, 11) is 0. The van der Waals surface area contributed by atoms with E-state index < -0.39 is 0 Å². The van der Waals surface area contributed by atoms with Gasteiger partial charge in [0.1, 0.15) is 0 Å². The van der Waals surface area contributed by atoms with E-state index in [2.05, 4.69) is 0 Å². The van der Waals surface area contributed by atoms with Crippen LogP contribution in [0.3, 0.4) is 0 Å². The van der Waals surface area contributed by atoms with Gasteiger partial charge in [-0.3, -0.25) is 0 Å². The van der Waals surface area contributed by atoms with Crippen LogP contribution in [0.2, 0.25) is 0 Å². The maximum atomic E-state index is 8.34. The van der Waals surface area contributed by atoms with Gasteiger partial charge in [0.25, 0.3) is 0 Å². The molecule has 0 fully saturated rings. The van der Waals surface area contributed by atoms with Crippen molar-refractivity contribution < 1.29 is 32.7 Å². The average molecular weight is 154 g/mol. The van der Waals surface area contributed by atoms with E-state index in [1.54, 1.807) is 0 Å². The molecule has 0 aromatic carbocycles. The van der Waals surface area contributed by atoms with Gasteiger partial charge in [-0.2, -0.15) is 0 Å². The van der Waals surface area contributed by atoms with Crippen molar-refractivity contribution in [1.82, 2.24) is 0 Å². The van der Waals surface area contributed by atoms with Gasteiger partial charge in [-0.1, -0.05) is 0 Å². The van der Waals surface area contributed by atoms with Gasteiger partial charge in [0.2, 0.25) is 0 Å². The van der Waals surface area contributed by atoms with Crippen molar-refractivity contribution in [2.24, 2.45) is 5.34 Å². The molecule has 4 nitrogen and oxygen atoms in total. The molecule has 0 bridgehead atoms. The first kappa shape index (κ1) is 8.92. The van der Waals surface area contributed by atoms with Gasteiger partial charge < -0.3 is 5.21 Å². The summed E-state index contributed by atoms with van der Waals surface area (Å²) in [5, 5.41) is 7.89. The molecule has 0 spiro atoms. The van der Waals surface area contributed by atoms with Crippen molar-refractivity contribution >= 4 is 0 Å². The van der Waals surface area contributed by atoms with Crippen molar-refractivity contribution in [3.8, 4) is 0 Å². The second-order valence-corrected chi connectivity index (χ2v) is 0.0816. The Morgan fingerprint density at radius 2 is 1.60 bits per heavy atom. The van der Waals surface area contributed by atoms with Crippen LogP contribution >= 0.6 is 0 Å². The molecule has 0 aliphatic carbocycles. The molecule has 28 valence electrons. The Hall–Kier alpha value is 0.0831. The normalized spacial score (nSPS) is 3.00. The molecule has 5 heavy (non-hydrogen) atoms. The third-order valence-corrected chi connectivity index (χ3v) is 0. The summed E-state index contributed by atoms with van der Waals surface area (Å²) in [6.45, 7) is 0. The summed E-state index contributed by atoms with van der Waals surface area (Å²) >= 11 is 0.300. The van der Waals surface area contributed by atoms with Crippen LogP contribution < -0.4 is 0 Å². The number of nitrogens with zero attached hydrogens (tertiary/aromatic N) is 1. The van der Waals surface area contributed by atoms with Crippen molar-refractivity contribution in [1.29, 1.82) is 0 Å². The minimum atomic E-state index is 0.300. The van der Waals surface area contributed by atoms with E-state index in [4.69, 9.17) is 12.9 Å². The summed E-state index contributed by atoms with van der Waals surface area (Å²) in [5.41, 5.74) is 0. The first-order chi connectivity index (χ1) is 2.41. The third-order valence-electron chi connectivity index (χ3n) is 0. The summed E-state index contributed by atoms with van der Waals surface area (Å²) in [6, 6.07) is 0. The van der Waals surface area contributed by atoms with E-state index in [0.29, 0.717) is 24.7 Å². The Bertz CT molecular complexity index is 20.9. The average Bonchev–Trinajstić information content (AvgIpc) is 1.46. The van der Waals surface area contributed by atoms with Gasteiger partial charge in [-0.15, -0.1) is 4.91 Å². The first-order valence-electron chi connectivity index (χ1n) is 0.587. The quantitative estimate of drug-likeness (QED) is 0.395. The molecule has 0 aromatic heterocycles. The maximum absolute atomic E-state index is 8.34. The number of hydrogen-bond donors (Lipinski definition) is 1. The van der Waals surface area contributed by atoms with Crippen LogP contribution in [0.1, 0.15) is 0 Å². The van der Waals surface area contributed by atoms with E-state index in [-0.39, 0.29) is 0 Å². The molecular formula is HNO3Zr. The number of hydrogen-bond acceptors (Lipinski definition) is 3. The molecule has 0 aromatic rings. The predicted octanol–water partition coefficient (Wildman–Crippen LogP) is 0.0207. The van der Waals surface area contributed by atoms with Crippen LogP contribution in [-0.2, 0) is 27.5 Å². The Morgan fingerprint density at radius 3 is 1.60 bits per heavy atom. The molecule has 0 rings (SSSR count). The summed E-state index contributed by atoms with van der Waals surface area (Å²) in [6.07, 6.45) is 0. The predicted molar refractivity (Wildman–Crippen MR) is 8.27 cm³/mol. The molecule has 0 atom stereocenters. The molecule has 1 N–H and O–H groups in total. The van der Waals surface area contributed by atoms with Crippen LogP contribution in [0.5, 0.6) is 0 Å². The van der Waals surface area contributed by atoms with Gasteiger partial charge >= 0.3 is 27.5 Å².